The number of carboxylic acid groups (broad SMARTS) is 1. The largest absolute Gasteiger partial charge is 0.481 e. The van der Waals surface area contributed by atoms with E-state index in [0.717, 1.165) is 10.4 Å². The quantitative estimate of drug-likeness (QED) is 0.743. The third-order valence-electron chi connectivity index (χ3n) is 1.63. The second-order valence-corrected chi connectivity index (χ2v) is 3.60. The van der Waals surface area contributed by atoms with E-state index in [2.05, 4.69) is 0 Å². The van der Waals surface area contributed by atoms with Gasteiger partial charge in [0.05, 0.1) is 0 Å². The maximum atomic E-state index is 10.7. The van der Waals surface area contributed by atoms with Crippen LogP contribution in [0.3, 0.4) is 0 Å². The van der Waals surface area contributed by atoms with Gasteiger partial charge in [-0.15, -0.1) is 11.3 Å². The fourth-order valence-corrected chi connectivity index (χ4v) is 1.98. The van der Waals surface area contributed by atoms with Crippen LogP contribution in [0.2, 0.25) is 0 Å². The molecule has 0 amide bonds. The molecule has 0 fully saturated rings. The van der Waals surface area contributed by atoms with Crippen molar-refractivity contribution < 1.29 is 9.90 Å². The van der Waals surface area contributed by atoms with Crippen molar-refractivity contribution >= 4 is 17.3 Å². The van der Waals surface area contributed by atoms with E-state index >= 15 is 0 Å². The first-order chi connectivity index (χ1) is 5.65. The van der Waals surface area contributed by atoms with Crippen LogP contribution in [0.15, 0.2) is 11.4 Å². The molecule has 1 heterocycles. The van der Waals surface area contributed by atoms with Crippen molar-refractivity contribution in [3.63, 3.8) is 0 Å². The van der Waals surface area contributed by atoms with E-state index in [1.807, 2.05) is 18.4 Å². The molecule has 12 heavy (non-hydrogen) atoms. The summed E-state index contributed by atoms with van der Waals surface area (Å²) in [4.78, 5) is 11.5. The summed E-state index contributed by atoms with van der Waals surface area (Å²) in [5.41, 5.74) is 6.43. The number of aryl methyl sites for hydroxylation is 1. The summed E-state index contributed by atoms with van der Waals surface area (Å²) in [7, 11) is 0. The monoisotopic (exact) mass is 185 g/mol. The van der Waals surface area contributed by atoms with E-state index < -0.39 is 11.9 Å². The standard InChI is InChI=1S/C8H11NO2S/c1-5-2-7(12-4-5)6(3-9)8(10)11/h2,4,6H,3,9H2,1H3,(H,10,11). The van der Waals surface area contributed by atoms with E-state index in [9.17, 15) is 4.79 Å². The van der Waals surface area contributed by atoms with Crippen LogP contribution in [0.4, 0.5) is 0 Å². The molecule has 0 bridgehead atoms. The number of nitrogens with two attached hydrogens (primary N) is 1. The Labute approximate surface area is 74.8 Å². The molecule has 0 saturated carbocycles. The van der Waals surface area contributed by atoms with Crippen LogP contribution in [0, 0.1) is 6.92 Å². The Morgan fingerprint density at radius 3 is 2.83 bits per heavy atom. The third kappa shape index (κ3) is 1.84. The molecule has 1 rings (SSSR count). The number of hydrogen-bond acceptors (Lipinski definition) is 3. The van der Waals surface area contributed by atoms with E-state index in [1.165, 1.54) is 11.3 Å². The smallest absolute Gasteiger partial charge is 0.313 e. The zero-order chi connectivity index (χ0) is 9.14. The van der Waals surface area contributed by atoms with Gasteiger partial charge in [0.25, 0.3) is 0 Å². The zero-order valence-corrected chi connectivity index (χ0v) is 7.60. The fraction of sp³-hybridized carbons (Fsp3) is 0.375. The Morgan fingerprint density at radius 2 is 2.50 bits per heavy atom. The Hall–Kier alpha value is -0.870. The molecule has 0 aromatic carbocycles. The fourth-order valence-electron chi connectivity index (χ4n) is 0.975. The second-order valence-electron chi connectivity index (χ2n) is 2.65. The highest BCUT2D eigenvalue weighted by Gasteiger charge is 2.18. The van der Waals surface area contributed by atoms with Gasteiger partial charge in [-0.25, -0.2) is 0 Å². The Bertz CT molecular complexity index is 282. The predicted octanol–water partition coefficient (Wildman–Crippen LogP) is 1.18. The minimum absolute atomic E-state index is 0.162. The van der Waals surface area contributed by atoms with Crippen LogP contribution in [0.25, 0.3) is 0 Å². The maximum absolute atomic E-state index is 10.7. The second kappa shape index (κ2) is 3.69. The van der Waals surface area contributed by atoms with Crippen molar-refractivity contribution in [2.24, 2.45) is 5.73 Å². The van der Waals surface area contributed by atoms with Crippen molar-refractivity contribution in [3.05, 3.63) is 21.9 Å². The average Bonchev–Trinajstić information content (AvgIpc) is 2.37. The van der Waals surface area contributed by atoms with Crippen LogP contribution in [0.5, 0.6) is 0 Å². The lowest BCUT2D eigenvalue weighted by molar-refractivity contribution is -0.138. The summed E-state index contributed by atoms with van der Waals surface area (Å²) in [6.45, 7) is 2.10. The van der Waals surface area contributed by atoms with Crippen molar-refractivity contribution in [1.82, 2.24) is 0 Å². The molecule has 1 aromatic heterocycles. The molecule has 1 atom stereocenters. The highest BCUT2D eigenvalue weighted by atomic mass is 32.1. The number of carbonyl (C=O) groups is 1. The summed E-state index contributed by atoms with van der Waals surface area (Å²) >= 11 is 1.45. The molecule has 1 unspecified atom stereocenters. The molecule has 3 nitrogen and oxygen atoms in total. The molecule has 0 radical (unpaired) electrons. The lowest BCUT2D eigenvalue weighted by Gasteiger charge is -2.05. The minimum atomic E-state index is -0.848. The Balaban J connectivity index is 2.87. The van der Waals surface area contributed by atoms with Gasteiger partial charge in [-0.05, 0) is 23.9 Å². The van der Waals surface area contributed by atoms with Crippen molar-refractivity contribution in [2.45, 2.75) is 12.8 Å². The Kier molecular flexibility index (Phi) is 2.83. The van der Waals surface area contributed by atoms with E-state index in [0.29, 0.717) is 0 Å². The number of aliphatic carboxylic acids is 1. The molecule has 1 aromatic rings. The van der Waals surface area contributed by atoms with Gasteiger partial charge in [0.15, 0.2) is 0 Å². The normalized spacial score (nSPS) is 12.8. The first-order valence-corrected chi connectivity index (χ1v) is 4.51. The summed E-state index contributed by atoms with van der Waals surface area (Å²) in [6, 6.07) is 1.87. The van der Waals surface area contributed by atoms with Gasteiger partial charge in [-0.3, -0.25) is 4.79 Å². The predicted molar refractivity (Wildman–Crippen MR) is 48.5 cm³/mol. The van der Waals surface area contributed by atoms with Gasteiger partial charge >= 0.3 is 5.97 Å². The number of rotatable bonds is 3. The summed E-state index contributed by atoms with van der Waals surface area (Å²) in [5.74, 6) is -1.39. The molecular weight excluding hydrogens is 174 g/mol. The molecule has 0 saturated heterocycles. The topological polar surface area (TPSA) is 63.3 Å². The lowest BCUT2D eigenvalue weighted by atomic mass is 10.1. The summed E-state index contributed by atoms with van der Waals surface area (Å²) in [5, 5.41) is 10.7. The molecule has 4 heteroatoms. The van der Waals surface area contributed by atoms with Crippen molar-refractivity contribution in [3.8, 4) is 0 Å². The molecule has 0 aliphatic rings. The zero-order valence-electron chi connectivity index (χ0n) is 6.78. The first-order valence-electron chi connectivity index (χ1n) is 3.63. The highest BCUT2D eigenvalue weighted by Crippen LogP contribution is 2.22. The van der Waals surface area contributed by atoms with Crippen LogP contribution in [0.1, 0.15) is 16.4 Å². The first kappa shape index (κ1) is 9.22. The maximum Gasteiger partial charge on any atom is 0.313 e. The van der Waals surface area contributed by atoms with Gasteiger partial charge in [0.1, 0.15) is 5.92 Å². The lowest BCUT2D eigenvalue weighted by Crippen LogP contribution is -2.19. The summed E-state index contributed by atoms with van der Waals surface area (Å²) < 4.78 is 0. The van der Waals surface area contributed by atoms with Crippen LogP contribution in [-0.4, -0.2) is 17.6 Å². The molecule has 0 spiro atoms. The van der Waals surface area contributed by atoms with Gasteiger partial charge in [0, 0.05) is 11.4 Å². The molecule has 3 N–H and O–H groups in total. The van der Waals surface area contributed by atoms with Crippen LogP contribution >= 0.6 is 11.3 Å². The third-order valence-corrected chi connectivity index (χ3v) is 2.79. The molecular formula is C8H11NO2S. The molecule has 0 aliphatic heterocycles. The SMILES string of the molecule is Cc1csc(C(CN)C(=O)O)c1. The number of thiophene rings is 1. The Morgan fingerprint density at radius 1 is 1.83 bits per heavy atom. The van der Waals surface area contributed by atoms with Gasteiger partial charge in [-0.2, -0.15) is 0 Å². The molecule has 66 valence electrons. The van der Waals surface area contributed by atoms with Gasteiger partial charge < -0.3 is 10.8 Å². The average molecular weight is 185 g/mol. The van der Waals surface area contributed by atoms with Gasteiger partial charge in [-0.1, -0.05) is 0 Å². The molecule has 0 aliphatic carbocycles. The van der Waals surface area contributed by atoms with Gasteiger partial charge in [0.2, 0.25) is 0 Å². The van der Waals surface area contributed by atoms with Crippen molar-refractivity contribution in [2.75, 3.05) is 6.54 Å². The van der Waals surface area contributed by atoms with Crippen LogP contribution < -0.4 is 5.73 Å². The van der Waals surface area contributed by atoms with E-state index in [-0.39, 0.29) is 6.54 Å². The van der Waals surface area contributed by atoms with E-state index in [1.54, 1.807) is 0 Å². The van der Waals surface area contributed by atoms with Crippen LogP contribution in [-0.2, 0) is 4.79 Å². The van der Waals surface area contributed by atoms with Crippen molar-refractivity contribution in [1.29, 1.82) is 0 Å². The minimum Gasteiger partial charge on any atom is -0.481 e. The highest BCUT2D eigenvalue weighted by molar-refractivity contribution is 7.10. The summed E-state index contributed by atoms with van der Waals surface area (Å²) in [6.07, 6.45) is 0. The number of carboxylic acids is 1. The van der Waals surface area contributed by atoms with E-state index in [4.69, 9.17) is 10.8 Å². The number of hydrogen-bond donors (Lipinski definition) is 2.